The highest BCUT2D eigenvalue weighted by atomic mass is 35.5. The zero-order chi connectivity index (χ0) is 16.3. The molecule has 0 unspecified atom stereocenters. The van der Waals surface area contributed by atoms with Crippen LogP contribution in [0.25, 0.3) is 0 Å². The highest BCUT2D eigenvalue weighted by molar-refractivity contribution is 6.30. The summed E-state index contributed by atoms with van der Waals surface area (Å²) in [6, 6.07) is 8.90. The quantitative estimate of drug-likeness (QED) is 0.905. The smallest absolute Gasteiger partial charge is 0.272 e. The molecule has 0 aliphatic heterocycles. The van der Waals surface area contributed by atoms with Gasteiger partial charge in [0.1, 0.15) is 0 Å². The van der Waals surface area contributed by atoms with Gasteiger partial charge in [-0.2, -0.15) is 0 Å². The first-order chi connectivity index (χ1) is 10.2. The van der Waals surface area contributed by atoms with E-state index in [1.165, 1.54) is 0 Å². The largest absolute Gasteiger partial charge is 0.346 e. The zero-order valence-electron chi connectivity index (χ0n) is 13.1. The Kier molecular flexibility index (Phi) is 4.66. The minimum atomic E-state index is -0.309. The van der Waals surface area contributed by atoms with Gasteiger partial charge in [-0.05, 0) is 63.6 Å². The van der Waals surface area contributed by atoms with E-state index in [0.29, 0.717) is 10.8 Å². The van der Waals surface area contributed by atoms with Gasteiger partial charge >= 0.3 is 0 Å². The molecule has 2 aromatic rings. The topological polar surface area (TPSA) is 66.9 Å². The monoisotopic (exact) mass is 318 g/mol. The van der Waals surface area contributed by atoms with Crippen molar-refractivity contribution in [3.63, 3.8) is 0 Å². The molecule has 0 radical (unpaired) electrons. The lowest BCUT2D eigenvalue weighted by Gasteiger charge is -2.19. The molecule has 116 valence electrons. The second kappa shape index (κ2) is 6.32. The lowest BCUT2D eigenvalue weighted by Crippen LogP contribution is -2.41. The van der Waals surface area contributed by atoms with E-state index in [1.807, 2.05) is 39.8 Å². The predicted octanol–water partition coefficient (Wildman–Crippen LogP) is 3.71. The molecule has 22 heavy (non-hydrogen) atoms. The summed E-state index contributed by atoms with van der Waals surface area (Å²) < 4.78 is 0. The van der Waals surface area contributed by atoms with Crippen LogP contribution in [0.1, 0.15) is 36.8 Å². The number of carbonyl (C=O) groups is 1. The molecule has 0 saturated heterocycles. The molecule has 2 rings (SSSR count). The second-order valence-electron chi connectivity index (χ2n) is 6.09. The Bertz CT molecular complexity index is 678. The predicted molar refractivity (Wildman–Crippen MR) is 88.7 cm³/mol. The number of amides is 1. The maximum Gasteiger partial charge on any atom is 0.272 e. The molecule has 5 nitrogen and oxygen atoms in total. The number of aryl methyl sites for hydroxylation is 1. The van der Waals surface area contributed by atoms with Crippen molar-refractivity contribution in [2.24, 2.45) is 0 Å². The van der Waals surface area contributed by atoms with Crippen molar-refractivity contribution in [2.75, 3.05) is 5.32 Å². The first kappa shape index (κ1) is 16.2. The number of hydrogen-bond acceptors (Lipinski definition) is 4. The summed E-state index contributed by atoms with van der Waals surface area (Å²) in [7, 11) is 0. The van der Waals surface area contributed by atoms with E-state index in [2.05, 4.69) is 20.8 Å². The number of nitrogens with zero attached hydrogens (tertiary/aromatic N) is 2. The van der Waals surface area contributed by atoms with Crippen molar-refractivity contribution in [1.82, 2.24) is 15.5 Å². The fraction of sp³-hybridized carbons (Fsp3) is 0.312. The highest BCUT2D eigenvalue weighted by Crippen LogP contribution is 2.22. The van der Waals surface area contributed by atoms with E-state index in [4.69, 9.17) is 11.6 Å². The average Bonchev–Trinajstić information content (AvgIpc) is 2.41. The Morgan fingerprint density at radius 2 is 1.86 bits per heavy atom. The minimum Gasteiger partial charge on any atom is -0.346 e. The van der Waals surface area contributed by atoms with Crippen LogP contribution >= 0.6 is 11.6 Å². The highest BCUT2D eigenvalue weighted by Gasteiger charge is 2.16. The Hall–Kier alpha value is -2.14. The molecule has 1 aromatic carbocycles. The van der Waals surface area contributed by atoms with Gasteiger partial charge in [0.15, 0.2) is 11.5 Å². The SMILES string of the molecule is Cc1cc(Cl)ccc1Nc1ccc(C(=O)NC(C)(C)C)nn1. The number of rotatable bonds is 3. The lowest BCUT2D eigenvalue weighted by molar-refractivity contribution is 0.0913. The third-order valence-corrected chi connectivity index (χ3v) is 3.07. The van der Waals surface area contributed by atoms with Crippen LogP contribution in [0.2, 0.25) is 5.02 Å². The van der Waals surface area contributed by atoms with Crippen LogP contribution in [0.15, 0.2) is 30.3 Å². The van der Waals surface area contributed by atoms with E-state index in [-0.39, 0.29) is 17.1 Å². The summed E-state index contributed by atoms with van der Waals surface area (Å²) in [6.07, 6.45) is 0. The summed E-state index contributed by atoms with van der Waals surface area (Å²) in [5.74, 6) is 0.326. The normalized spacial score (nSPS) is 11.1. The Morgan fingerprint density at radius 1 is 1.14 bits per heavy atom. The molecule has 0 fully saturated rings. The molecular weight excluding hydrogens is 300 g/mol. The van der Waals surface area contributed by atoms with Gasteiger partial charge in [-0.1, -0.05) is 11.6 Å². The lowest BCUT2D eigenvalue weighted by atomic mass is 10.1. The Morgan fingerprint density at radius 3 is 2.41 bits per heavy atom. The van der Waals surface area contributed by atoms with Crippen molar-refractivity contribution >= 4 is 29.0 Å². The number of nitrogens with one attached hydrogen (secondary N) is 2. The fourth-order valence-electron chi connectivity index (χ4n) is 1.83. The van der Waals surface area contributed by atoms with Crippen LogP contribution < -0.4 is 10.6 Å². The van der Waals surface area contributed by atoms with E-state index in [1.54, 1.807) is 18.2 Å². The fourth-order valence-corrected chi connectivity index (χ4v) is 2.06. The molecule has 1 amide bonds. The zero-order valence-corrected chi connectivity index (χ0v) is 13.8. The molecule has 0 saturated carbocycles. The van der Waals surface area contributed by atoms with Crippen molar-refractivity contribution in [3.8, 4) is 0 Å². The van der Waals surface area contributed by atoms with Crippen molar-refractivity contribution in [2.45, 2.75) is 33.2 Å². The second-order valence-corrected chi connectivity index (χ2v) is 6.53. The standard InChI is InChI=1S/C16H19ClN4O/c1-10-9-11(17)5-6-12(10)18-14-8-7-13(20-21-14)15(22)19-16(2,3)4/h5-9H,1-4H3,(H,18,21)(H,19,22). The molecule has 1 aromatic heterocycles. The minimum absolute atomic E-state index is 0.241. The summed E-state index contributed by atoms with van der Waals surface area (Å²) >= 11 is 5.93. The van der Waals surface area contributed by atoms with Crippen LogP contribution in [0.5, 0.6) is 0 Å². The number of benzene rings is 1. The van der Waals surface area contributed by atoms with Gasteiger partial charge in [-0.15, -0.1) is 10.2 Å². The van der Waals surface area contributed by atoms with Crippen molar-refractivity contribution < 1.29 is 4.79 Å². The molecule has 2 N–H and O–H groups in total. The van der Waals surface area contributed by atoms with Gasteiger partial charge in [0.05, 0.1) is 0 Å². The molecule has 6 heteroatoms. The average molecular weight is 319 g/mol. The van der Waals surface area contributed by atoms with Gasteiger partial charge in [0.2, 0.25) is 0 Å². The maximum atomic E-state index is 12.0. The van der Waals surface area contributed by atoms with Crippen molar-refractivity contribution in [3.05, 3.63) is 46.6 Å². The Labute approximate surface area is 135 Å². The number of halogens is 1. The van der Waals surface area contributed by atoms with Gasteiger partial charge in [-0.25, -0.2) is 0 Å². The summed E-state index contributed by atoms with van der Waals surface area (Å²) in [6.45, 7) is 7.69. The summed E-state index contributed by atoms with van der Waals surface area (Å²) in [4.78, 5) is 12.0. The maximum absolute atomic E-state index is 12.0. The van der Waals surface area contributed by atoms with Crippen molar-refractivity contribution in [1.29, 1.82) is 0 Å². The number of hydrogen-bond donors (Lipinski definition) is 2. The van der Waals surface area contributed by atoms with E-state index >= 15 is 0 Å². The molecule has 0 atom stereocenters. The van der Waals surface area contributed by atoms with Gasteiger partial charge in [0, 0.05) is 16.2 Å². The van der Waals surface area contributed by atoms with Gasteiger partial charge in [-0.3, -0.25) is 4.79 Å². The van der Waals surface area contributed by atoms with E-state index in [9.17, 15) is 4.79 Å². The van der Waals surface area contributed by atoms with Crippen LogP contribution in [0.3, 0.4) is 0 Å². The van der Waals surface area contributed by atoms with Crippen LogP contribution in [-0.4, -0.2) is 21.6 Å². The molecule has 0 aliphatic carbocycles. The number of anilines is 2. The molecule has 0 spiro atoms. The van der Waals surface area contributed by atoms with Crippen LogP contribution in [0, 0.1) is 6.92 Å². The summed E-state index contributed by atoms with van der Waals surface area (Å²) in [5, 5.41) is 14.7. The van der Waals surface area contributed by atoms with E-state index in [0.717, 1.165) is 11.3 Å². The number of aromatic nitrogens is 2. The van der Waals surface area contributed by atoms with Crippen LogP contribution in [0.4, 0.5) is 11.5 Å². The molecular formula is C16H19ClN4O. The Balaban J connectivity index is 2.10. The third kappa shape index (κ3) is 4.43. The van der Waals surface area contributed by atoms with Gasteiger partial charge < -0.3 is 10.6 Å². The molecule has 0 bridgehead atoms. The molecule has 1 heterocycles. The molecule has 0 aliphatic rings. The van der Waals surface area contributed by atoms with Gasteiger partial charge in [0.25, 0.3) is 5.91 Å². The third-order valence-electron chi connectivity index (χ3n) is 2.84. The van der Waals surface area contributed by atoms with Crippen LogP contribution in [-0.2, 0) is 0 Å². The number of carbonyl (C=O) groups excluding carboxylic acids is 1. The summed E-state index contributed by atoms with van der Waals surface area (Å²) in [5.41, 5.74) is 1.87. The first-order valence-electron chi connectivity index (χ1n) is 6.94. The van der Waals surface area contributed by atoms with E-state index < -0.39 is 0 Å². The first-order valence-corrected chi connectivity index (χ1v) is 7.32.